The fourth-order valence-electron chi connectivity index (χ4n) is 2.45. The maximum Gasteiger partial charge on any atom is 0.275 e. The minimum Gasteiger partial charge on any atom is -0.481 e. The van der Waals surface area contributed by atoms with Crippen LogP contribution >= 0.6 is 11.5 Å². The third kappa shape index (κ3) is 2.58. The Morgan fingerprint density at radius 3 is 2.86 bits per heavy atom. The maximum atomic E-state index is 12.5. The van der Waals surface area contributed by atoms with Gasteiger partial charge in [0, 0.05) is 25.1 Å². The molecule has 0 bridgehead atoms. The molecule has 0 atom stereocenters. The summed E-state index contributed by atoms with van der Waals surface area (Å²) in [5, 5.41) is 3.93. The summed E-state index contributed by atoms with van der Waals surface area (Å²) in [5.74, 6) is 0.529. The molecule has 0 radical (unpaired) electrons. The first-order valence-electron chi connectivity index (χ1n) is 6.65. The highest BCUT2D eigenvalue weighted by Crippen LogP contribution is 2.22. The van der Waals surface area contributed by atoms with Crippen molar-refractivity contribution in [2.24, 2.45) is 0 Å². The van der Waals surface area contributed by atoms with Gasteiger partial charge in [0.25, 0.3) is 5.91 Å². The number of nitrogens with zero attached hydrogens (tertiary/aromatic N) is 5. The van der Waals surface area contributed by atoms with Crippen LogP contribution in [0.15, 0.2) is 6.33 Å². The van der Waals surface area contributed by atoms with Crippen molar-refractivity contribution in [2.75, 3.05) is 20.2 Å². The fourth-order valence-corrected chi connectivity index (χ4v) is 2.91. The number of carbonyl (C=O) groups excluding carboxylic acids is 1. The molecule has 0 aromatic carbocycles. The predicted octanol–water partition coefficient (Wildman–Crippen LogP) is 0.886. The van der Waals surface area contributed by atoms with Crippen LogP contribution in [0.2, 0.25) is 0 Å². The number of ether oxygens (including phenoxy) is 1. The fraction of sp³-hybridized carbons (Fsp3) is 0.462. The van der Waals surface area contributed by atoms with Gasteiger partial charge in [-0.15, -0.1) is 5.10 Å². The van der Waals surface area contributed by atoms with Crippen LogP contribution in [-0.4, -0.2) is 50.6 Å². The largest absolute Gasteiger partial charge is 0.481 e. The van der Waals surface area contributed by atoms with Gasteiger partial charge in [-0.25, -0.2) is 9.97 Å². The Kier molecular flexibility index (Phi) is 3.78. The van der Waals surface area contributed by atoms with E-state index in [0.717, 1.165) is 16.1 Å². The van der Waals surface area contributed by atoms with Crippen LogP contribution < -0.4 is 4.74 Å². The highest BCUT2D eigenvalue weighted by Gasteiger charge is 2.25. The van der Waals surface area contributed by atoms with Gasteiger partial charge in [-0.2, -0.15) is 0 Å². The molecule has 0 aliphatic carbocycles. The Morgan fingerprint density at radius 2 is 2.14 bits per heavy atom. The van der Waals surface area contributed by atoms with Crippen LogP contribution in [-0.2, 0) is 12.8 Å². The number of aromatic nitrogens is 4. The number of aryl methyl sites for hydroxylation is 1. The normalized spacial score (nSPS) is 14.5. The van der Waals surface area contributed by atoms with Crippen molar-refractivity contribution >= 4 is 17.4 Å². The molecule has 3 heterocycles. The first kappa shape index (κ1) is 13.9. The molecule has 1 amide bonds. The lowest BCUT2D eigenvalue weighted by atomic mass is 10.1. The molecular weight excluding hydrogens is 290 g/mol. The Balaban J connectivity index is 1.82. The average Bonchev–Trinajstić information content (AvgIpc) is 2.81. The number of methoxy groups -OCH3 is 1. The Hall–Kier alpha value is -2.09. The predicted molar refractivity (Wildman–Crippen MR) is 76.5 cm³/mol. The van der Waals surface area contributed by atoms with Crippen LogP contribution in [0.3, 0.4) is 0 Å². The third-order valence-corrected chi connectivity index (χ3v) is 4.21. The van der Waals surface area contributed by atoms with Crippen molar-refractivity contribution in [2.45, 2.75) is 19.8 Å². The summed E-state index contributed by atoms with van der Waals surface area (Å²) in [5.41, 5.74) is 2.39. The number of rotatable bonds is 2. The Labute approximate surface area is 126 Å². The SMILES string of the molecule is COc1ncnc2c1CCN(C(=O)c1nnsc1C)CC2. The molecular formula is C13H15N5O2S. The van der Waals surface area contributed by atoms with E-state index in [-0.39, 0.29) is 5.91 Å². The number of hydrogen-bond donors (Lipinski definition) is 0. The van der Waals surface area contributed by atoms with Gasteiger partial charge in [0.05, 0.1) is 17.7 Å². The van der Waals surface area contributed by atoms with Crippen molar-refractivity contribution in [1.29, 1.82) is 0 Å². The molecule has 0 saturated heterocycles. The zero-order valence-electron chi connectivity index (χ0n) is 11.9. The van der Waals surface area contributed by atoms with Crippen LogP contribution in [0.1, 0.15) is 26.6 Å². The molecule has 0 fully saturated rings. The minimum atomic E-state index is -0.0685. The second kappa shape index (κ2) is 5.72. The topological polar surface area (TPSA) is 81.1 Å². The quantitative estimate of drug-likeness (QED) is 0.819. The highest BCUT2D eigenvalue weighted by atomic mass is 32.1. The number of hydrogen-bond acceptors (Lipinski definition) is 7. The molecule has 2 aromatic heterocycles. The van der Waals surface area contributed by atoms with E-state index < -0.39 is 0 Å². The van der Waals surface area contributed by atoms with E-state index in [4.69, 9.17) is 4.74 Å². The first-order chi connectivity index (χ1) is 10.2. The molecule has 0 unspecified atom stereocenters. The van der Waals surface area contributed by atoms with Crippen molar-refractivity contribution in [1.82, 2.24) is 24.5 Å². The van der Waals surface area contributed by atoms with Crippen molar-refractivity contribution in [3.8, 4) is 5.88 Å². The molecule has 21 heavy (non-hydrogen) atoms. The minimum absolute atomic E-state index is 0.0685. The molecule has 8 heteroatoms. The lowest BCUT2D eigenvalue weighted by Gasteiger charge is -2.18. The highest BCUT2D eigenvalue weighted by molar-refractivity contribution is 7.05. The molecule has 110 valence electrons. The van der Waals surface area contributed by atoms with Crippen LogP contribution in [0.25, 0.3) is 0 Å². The smallest absolute Gasteiger partial charge is 0.275 e. The van der Waals surface area contributed by atoms with E-state index in [1.165, 1.54) is 17.9 Å². The van der Waals surface area contributed by atoms with Gasteiger partial charge in [0.15, 0.2) is 5.69 Å². The van der Waals surface area contributed by atoms with E-state index in [2.05, 4.69) is 19.6 Å². The molecule has 2 aromatic rings. The molecule has 1 aliphatic rings. The van der Waals surface area contributed by atoms with Crippen molar-refractivity contribution in [3.05, 3.63) is 28.2 Å². The van der Waals surface area contributed by atoms with Crippen molar-refractivity contribution < 1.29 is 9.53 Å². The monoisotopic (exact) mass is 305 g/mol. The summed E-state index contributed by atoms with van der Waals surface area (Å²) in [6.07, 6.45) is 2.88. The number of carbonyl (C=O) groups is 1. The molecule has 0 spiro atoms. The van der Waals surface area contributed by atoms with Gasteiger partial charge in [-0.1, -0.05) is 4.49 Å². The zero-order chi connectivity index (χ0) is 14.8. The number of fused-ring (bicyclic) bond motifs is 1. The molecule has 0 N–H and O–H groups in total. The van der Waals surface area contributed by atoms with Crippen LogP contribution in [0, 0.1) is 6.92 Å². The summed E-state index contributed by atoms with van der Waals surface area (Å²) in [4.78, 5) is 23.6. The van der Waals surface area contributed by atoms with Gasteiger partial charge in [0.2, 0.25) is 5.88 Å². The Bertz CT molecular complexity index is 672. The standard InChI is InChI=1S/C13H15N5O2S/c1-8-11(16-17-21-8)13(19)18-5-3-9-10(4-6-18)14-7-15-12(9)20-2/h7H,3-6H2,1-2H3. The van der Waals surface area contributed by atoms with Crippen LogP contribution in [0.5, 0.6) is 5.88 Å². The summed E-state index contributed by atoms with van der Waals surface area (Å²) in [7, 11) is 1.60. The summed E-state index contributed by atoms with van der Waals surface area (Å²) in [6, 6.07) is 0. The Morgan fingerprint density at radius 1 is 1.33 bits per heavy atom. The summed E-state index contributed by atoms with van der Waals surface area (Å²) < 4.78 is 9.11. The first-order valence-corrected chi connectivity index (χ1v) is 7.43. The number of amides is 1. The van der Waals surface area contributed by atoms with Gasteiger partial charge in [-0.3, -0.25) is 4.79 Å². The second-order valence-electron chi connectivity index (χ2n) is 4.78. The lowest BCUT2D eigenvalue weighted by Crippen LogP contribution is -2.34. The van der Waals surface area contributed by atoms with Gasteiger partial charge < -0.3 is 9.64 Å². The van der Waals surface area contributed by atoms with E-state index in [1.807, 2.05) is 6.92 Å². The molecule has 3 rings (SSSR count). The van der Waals surface area contributed by atoms with Crippen molar-refractivity contribution in [3.63, 3.8) is 0 Å². The zero-order valence-corrected chi connectivity index (χ0v) is 12.7. The lowest BCUT2D eigenvalue weighted by molar-refractivity contribution is 0.0756. The second-order valence-corrected chi connectivity index (χ2v) is 5.74. The van der Waals surface area contributed by atoms with Gasteiger partial charge >= 0.3 is 0 Å². The summed E-state index contributed by atoms with van der Waals surface area (Å²) in [6.45, 7) is 3.08. The maximum absolute atomic E-state index is 12.5. The third-order valence-electron chi connectivity index (χ3n) is 3.58. The van der Waals surface area contributed by atoms with Gasteiger partial charge in [-0.05, 0) is 24.9 Å². The van der Waals surface area contributed by atoms with E-state index in [1.54, 1.807) is 12.0 Å². The van der Waals surface area contributed by atoms with E-state index in [0.29, 0.717) is 37.5 Å². The van der Waals surface area contributed by atoms with E-state index >= 15 is 0 Å². The molecule has 1 aliphatic heterocycles. The van der Waals surface area contributed by atoms with E-state index in [9.17, 15) is 4.79 Å². The molecule has 7 nitrogen and oxygen atoms in total. The summed E-state index contributed by atoms with van der Waals surface area (Å²) >= 11 is 1.24. The van der Waals surface area contributed by atoms with Crippen LogP contribution in [0.4, 0.5) is 0 Å². The van der Waals surface area contributed by atoms with Gasteiger partial charge in [0.1, 0.15) is 6.33 Å². The molecule has 0 saturated carbocycles. The average molecular weight is 305 g/mol.